The fourth-order valence-electron chi connectivity index (χ4n) is 2.40. The molecular formula is C21H23N3O4. The predicted molar refractivity (Wildman–Crippen MR) is 105 cm³/mol. The van der Waals surface area contributed by atoms with Gasteiger partial charge in [-0.1, -0.05) is 17.9 Å². The van der Waals surface area contributed by atoms with Gasteiger partial charge in [-0.05, 0) is 68.1 Å². The molecule has 1 heterocycles. The second-order valence-electron chi connectivity index (χ2n) is 6.66. The van der Waals surface area contributed by atoms with Crippen LogP contribution in [-0.2, 0) is 4.79 Å². The number of carbonyl (C=O) groups is 2. The molecule has 1 aromatic rings. The van der Waals surface area contributed by atoms with Crippen LogP contribution in [0.1, 0.15) is 29.8 Å². The van der Waals surface area contributed by atoms with Gasteiger partial charge in [0, 0.05) is 17.7 Å². The van der Waals surface area contributed by atoms with Gasteiger partial charge in [0.05, 0.1) is 5.60 Å². The molecule has 0 spiro atoms. The topological polar surface area (TPSA) is 111 Å². The highest BCUT2D eigenvalue weighted by Crippen LogP contribution is 2.11. The van der Waals surface area contributed by atoms with Crippen LogP contribution >= 0.6 is 0 Å². The van der Waals surface area contributed by atoms with Gasteiger partial charge in [0.2, 0.25) is 0 Å². The van der Waals surface area contributed by atoms with E-state index in [1.165, 1.54) is 19.3 Å². The smallest absolute Gasteiger partial charge is 0.268 e. The monoisotopic (exact) mass is 381 g/mol. The van der Waals surface area contributed by atoms with Gasteiger partial charge in [0.25, 0.3) is 11.8 Å². The lowest BCUT2D eigenvalue weighted by atomic mass is 9.97. The summed E-state index contributed by atoms with van der Waals surface area (Å²) in [5.74, 6) is 4.44. The van der Waals surface area contributed by atoms with Gasteiger partial charge < -0.3 is 15.7 Å². The van der Waals surface area contributed by atoms with Crippen LogP contribution in [-0.4, -0.2) is 40.3 Å². The lowest BCUT2D eigenvalue weighted by Crippen LogP contribution is -2.57. The summed E-state index contributed by atoms with van der Waals surface area (Å²) in [5, 5.41) is 24.3. The molecule has 28 heavy (non-hydrogen) atoms. The Morgan fingerprint density at radius 3 is 2.57 bits per heavy atom. The van der Waals surface area contributed by atoms with E-state index in [0.717, 1.165) is 17.7 Å². The molecule has 1 aliphatic heterocycles. The van der Waals surface area contributed by atoms with Crippen LogP contribution in [0, 0.1) is 11.8 Å². The van der Waals surface area contributed by atoms with Crippen LogP contribution in [0.25, 0.3) is 0 Å². The fourth-order valence-corrected chi connectivity index (χ4v) is 2.40. The zero-order chi connectivity index (χ0) is 20.6. The number of hydrogen-bond acceptors (Lipinski definition) is 5. The summed E-state index contributed by atoms with van der Waals surface area (Å²) in [6.07, 6.45) is 9.54. The third-order valence-electron chi connectivity index (χ3n) is 3.93. The van der Waals surface area contributed by atoms with E-state index in [9.17, 15) is 14.7 Å². The Labute approximate surface area is 163 Å². The zero-order valence-corrected chi connectivity index (χ0v) is 15.7. The molecule has 5 N–H and O–H groups in total. The van der Waals surface area contributed by atoms with Crippen molar-refractivity contribution in [2.24, 2.45) is 0 Å². The molecule has 0 saturated carbocycles. The Morgan fingerprint density at radius 1 is 1.29 bits per heavy atom. The highest BCUT2D eigenvalue weighted by atomic mass is 16.5. The molecule has 2 rings (SSSR count). The third kappa shape index (κ3) is 6.13. The number of benzene rings is 1. The van der Waals surface area contributed by atoms with E-state index in [-0.39, 0.29) is 0 Å². The van der Waals surface area contributed by atoms with Gasteiger partial charge in [0.15, 0.2) is 0 Å². The Morgan fingerprint density at radius 2 is 2.00 bits per heavy atom. The first-order valence-electron chi connectivity index (χ1n) is 8.66. The zero-order valence-electron chi connectivity index (χ0n) is 15.7. The maximum Gasteiger partial charge on any atom is 0.268 e. The molecule has 1 atom stereocenters. The van der Waals surface area contributed by atoms with Crippen molar-refractivity contribution in [2.45, 2.75) is 25.5 Å². The van der Waals surface area contributed by atoms with Crippen LogP contribution < -0.4 is 16.1 Å². The summed E-state index contributed by atoms with van der Waals surface area (Å²) >= 11 is 0. The third-order valence-corrected chi connectivity index (χ3v) is 3.93. The van der Waals surface area contributed by atoms with Crippen LogP contribution in [0.3, 0.4) is 0 Å². The fraction of sp³-hybridized carbons (Fsp3) is 0.238. The van der Waals surface area contributed by atoms with Crippen molar-refractivity contribution in [3.8, 4) is 11.8 Å². The molecule has 0 aromatic heterocycles. The molecule has 0 radical (unpaired) electrons. The summed E-state index contributed by atoms with van der Waals surface area (Å²) in [5.41, 5.74) is 1.98. The normalized spacial score (nSPS) is 14.4. The molecule has 1 aliphatic rings. The van der Waals surface area contributed by atoms with Gasteiger partial charge in [-0.15, -0.1) is 0 Å². The standard InChI is InChI=1S/C21H23N3O4/c1-21(2,27)18(20(26)24-28)23-19(25)17-9-7-15(8-10-17)5-3-4-6-16-11-13-22-14-12-16/h4,6-13,18,22,27-28H,14H2,1-2H3,(H,23,25)(H,24,26)/b6-4+. The minimum absolute atomic E-state index is 0.297. The molecule has 0 saturated heterocycles. The molecule has 0 bridgehead atoms. The number of aliphatic hydroxyl groups is 1. The number of nitrogens with one attached hydrogen (secondary N) is 3. The highest BCUT2D eigenvalue weighted by Gasteiger charge is 2.34. The largest absolute Gasteiger partial charge is 0.388 e. The number of hydroxylamine groups is 1. The Balaban J connectivity index is 2.01. The maximum atomic E-state index is 12.3. The Bertz CT molecular complexity index is 866. The molecule has 0 fully saturated rings. The van der Waals surface area contributed by atoms with Gasteiger partial charge in [-0.2, -0.15) is 0 Å². The van der Waals surface area contributed by atoms with Crippen LogP contribution in [0.2, 0.25) is 0 Å². The van der Waals surface area contributed by atoms with Crippen molar-refractivity contribution < 1.29 is 19.9 Å². The summed E-state index contributed by atoms with van der Waals surface area (Å²) in [4.78, 5) is 24.0. The summed E-state index contributed by atoms with van der Waals surface area (Å²) in [6, 6.07) is 5.20. The second-order valence-corrected chi connectivity index (χ2v) is 6.66. The first-order chi connectivity index (χ1) is 13.3. The molecular weight excluding hydrogens is 358 g/mol. The predicted octanol–water partition coefficient (Wildman–Crippen LogP) is 1.01. The van der Waals surface area contributed by atoms with Gasteiger partial charge in [-0.25, -0.2) is 5.48 Å². The molecule has 0 aliphatic carbocycles. The van der Waals surface area contributed by atoms with Crippen molar-refractivity contribution in [1.29, 1.82) is 0 Å². The summed E-state index contributed by atoms with van der Waals surface area (Å²) in [7, 11) is 0. The minimum atomic E-state index is -1.56. The van der Waals surface area contributed by atoms with E-state index < -0.39 is 23.5 Å². The van der Waals surface area contributed by atoms with Crippen molar-refractivity contribution in [3.05, 3.63) is 71.5 Å². The first-order valence-corrected chi connectivity index (χ1v) is 8.66. The molecule has 7 nitrogen and oxygen atoms in total. The van der Waals surface area contributed by atoms with Crippen LogP contribution in [0.5, 0.6) is 0 Å². The number of amides is 2. The van der Waals surface area contributed by atoms with E-state index >= 15 is 0 Å². The van der Waals surface area contributed by atoms with E-state index in [2.05, 4.69) is 22.5 Å². The van der Waals surface area contributed by atoms with Crippen molar-refractivity contribution in [1.82, 2.24) is 16.1 Å². The lowest BCUT2D eigenvalue weighted by molar-refractivity contribution is -0.136. The van der Waals surface area contributed by atoms with Gasteiger partial charge in [0.1, 0.15) is 6.04 Å². The quantitative estimate of drug-likeness (QED) is 0.297. The number of hydrogen-bond donors (Lipinski definition) is 5. The lowest BCUT2D eigenvalue weighted by Gasteiger charge is -2.28. The highest BCUT2D eigenvalue weighted by molar-refractivity contribution is 5.97. The van der Waals surface area contributed by atoms with Gasteiger partial charge >= 0.3 is 0 Å². The Kier molecular flexibility index (Phi) is 7.15. The van der Waals surface area contributed by atoms with E-state index in [1.807, 2.05) is 24.4 Å². The van der Waals surface area contributed by atoms with Crippen LogP contribution in [0.15, 0.2) is 60.3 Å². The van der Waals surface area contributed by atoms with Crippen molar-refractivity contribution >= 4 is 11.8 Å². The maximum absolute atomic E-state index is 12.3. The van der Waals surface area contributed by atoms with Crippen molar-refractivity contribution in [3.63, 3.8) is 0 Å². The number of carbonyl (C=O) groups excluding carboxylic acids is 2. The molecule has 1 aromatic carbocycles. The minimum Gasteiger partial charge on any atom is -0.388 e. The molecule has 2 amide bonds. The Hall–Kier alpha value is -3.34. The number of dihydropyridines is 1. The number of allylic oxidation sites excluding steroid dienone is 4. The summed E-state index contributed by atoms with van der Waals surface area (Å²) < 4.78 is 0. The van der Waals surface area contributed by atoms with Crippen LogP contribution in [0.4, 0.5) is 0 Å². The van der Waals surface area contributed by atoms with E-state index in [1.54, 1.807) is 30.3 Å². The van der Waals surface area contributed by atoms with Gasteiger partial charge in [-0.3, -0.25) is 14.8 Å². The number of rotatable bonds is 5. The molecule has 1 unspecified atom stereocenters. The molecule has 146 valence electrons. The van der Waals surface area contributed by atoms with E-state index in [0.29, 0.717) is 5.56 Å². The molecule has 7 heteroatoms. The summed E-state index contributed by atoms with van der Waals surface area (Å²) in [6.45, 7) is 3.51. The van der Waals surface area contributed by atoms with Crippen molar-refractivity contribution in [2.75, 3.05) is 6.54 Å². The average Bonchev–Trinajstić information content (AvgIpc) is 2.69. The average molecular weight is 381 g/mol. The first kappa shape index (κ1) is 21.0. The van der Waals surface area contributed by atoms with E-state index in [4.69, 9.17) is 5.21 Å². The second kappa shape index (κ2) is 9.55. The SMILES string of the molecule is CC(C)(O)C(NC(=O)c1ccc(C#C/C=C/C2=CCNC=C2)cc1)C(=O)NO.